The largest absolute Gasteiger partial charge is 0.424 e. The fourth-order valence-electron chi connectivity index (χ4n) is 2.83. The van der Waals surface area contributed by atoms with Crippen LogP contribution in [0.5, 0.6) is 0 Å². The summed E-state index contributed by atoms with van der Waals surface area (Å²) < 4.78 is 6.08. The molecule has 0 aliphatic heterocycles. The predicted octanol–water partition coefficient (Wildman–Crippen LogP) is 4.31. The first-order valence-corrected chi connectivity index (χ1v) is 8.18. The summed E-state index contributed by atoms with van der Waals surface area (Å²) in [5.41, 5.74) is 1.78. The van der Waals surface area contributed by atoms with E-state index in [2.05, 4.69) is 16.6 Å². The molecule has 0 atom stereocenters. The molecule has 1 aliphatic rings. The highest BCUT2D eigenvalue weighted by molar-refractivity contribution is 8.00. The van der Waals surface area contributed by atoms with Gasteiger partial charge >= 0.3 is 0 Å². The van der Waals surface area contributed by atoms with Gasteiger partial charge in [-0.25, -0.2) is 0 Å². The molecule has 1 aromatic carbocycles. The number of nitrogens with zero attached hydrogens (tertiary/aromatic N) is 1. The molecule has 1 saturated carbocycles. The maximum Gasteiger partial charge on any atom is 0.295 e. The molecule has 1 fully saturated rings. The van der Waals surface area contributed by atoms with Crippen molar-refractivity contribution in [2.75, 3.05) is 18.1 Å². The molecule has 3 nitrogen and oxygen atoms in total. The van der Waals surface area contributed by atoms with Gasteiger partial charge in [0.15, 0.2) is 5.58 Å². The van der Waals surface area contributed by atoms with Gasteiger partial charge in [-0.2, -0.15) is 16.7 Å². The molecule has 1 heterocycles. The zero-order valence-electron chi connectivity index (χ0n) is 11.3. The van der Waals surface area contributed by atoms with Crippen LogP contribution in [-0.2, 0) is 0 Å². The zero-order valence-corrected chi connectivity index (χ0v) is 12.1. The van der Waals surface area contributed by atoms with Gasteiger partial charge in [0.05, 0.1) is 0 Å². The van der Waals surface area contributed by atoms with E-state index >= 15 is 0 Å². The monoisotopic (exact) mass is 276 g/mol. The van der Waals surface area contributed by atoms with E-state index in [1.165, 1.54) is 32.1 Å². The molecule has 3 rings (SSSR count). The first-order valence-electron chi connectivity index (χ1n) is 6.96. The highest BCUT2D eigenvalue weighted by Crippen LogP contribution is 2.38. The Morgan fingerprint density at radius 1 is 1.26 bits per heavy atom. The average molecular weight is 276 g/mol. The molecule has 4 heteroatoms. The van der Waals surface area contributed by atoms with Crippen LogP contribution in [-0.4, -0.2) is 22.5 Å². The van der Waals surface area contributed by atoms with Gasteiger partial charge < -0.3 is 9.73 Å². The van der Waals surface area contributed by atoms with Crippen molar-refractivity contribution in [3.05, 3.63) is 24.3 Å². The Bertz CT molecular complexity index is 513. The van der Waals surface area contributed by atoms with E-state index in [0.29, 0.717) is 10.8 Å². The van der Waals surface area contributed by atoms with Crippen LogP contribution in [0.2, 0.25) is 0 Å². The molecule has 0 bridgehead atoms. The number of rotatable bonds is 4. The Hall–Kier alpha value is -1.16. The normalized spacial score (nSPS) is 18.6. The van der Waals surface area contributed by atoms with E-state index in [1.54, 1.807) is 0 Å². The van der Waals surface area contributed by atoms with E-state index in [-0.39, 0.29) is 0 Å². The number of oxazole rings is 1. The molecule has 1 aliphatic carbocycles. The molecule has 0 amide bonds. The summed E-state index contributed by atoms with van der Waals surface area (Å²) in [6, 6.07) is 8.55. The summed E-state index contributed by atoms with van der Waals surface area (Å²) in [5.74, 6) is 0. The molecular formula is C15H20N2OS. The Labute approximate surface area is 118 Å². The Balaban J connectivity index is 1.70. The molecule has 102 valence electrons. The van der Waals surface area contributed by atoms with Crippen LogP contribution >= 0.6 is 11.8 Å². The highest BCUT2D eigenvalue weighted by atomic mass is 32.2. The fraction of sp³-hybridized carbons (Fsp3) is 0.533. The summed E-state index contributed by atoms with van der Waals surface area (Å²) >= 11 is 1.99. The second-order valence-corrected chi connectivity index (χ2v) is 6.56. The standard InChI is InChI=1S/C15H20N2OS/c1-19-15(9-5-2-6-10-15)11-16-14-17-12-7-3-4-8-13(12)18-14/h3-4,7-8H,2,5-6,9-11H2,1H3,(H,16,17). The zero-order chi connectivity index (χ0) is 13.1. The summed E-state index contributed by atoms with van der Waals surface area (Å²) in [6.07, 6.45) is 8.87. The van der Waals surface area contributed by atoms with Crippen molar-refractivity contribution in [3.63, 3.8) is 0 Å². The highest BCUT2D eigenvalue weighted by Gasteiger charge is 2.31. The number of anilines is 1. The van der Waals surface area contributed by atoms with Crippen LogP contribution < -0.4 is 5.32 Å². The lowest BCUT2D eigenvalue weighted by Gasteiger charge is -2.35. The third-order valence-electron chi connectivity index (χ3n) is 4.05. The predicted molar refractivity (Wildman–Crippen MR) is 81.8 cm³/mol. The smallest absolute Gasteiger partial charge is 0.295 e. The van der Waals surface area contributed by atoms with Gasteiger partial charge in [0.1, 0.15) is 5.52 Å². The summed E-state index contributed by atoms with van der Waals surface area (Å²) in [4.78, 5) is 4.48. The molecule has 1 aromatic heterocycles. The van der Waals surface area contributed by atoms with Gasteiger partial charge in [-0.15, -0.1) is 0 Å². The number of hydrogen-bond acceptors (Lipinski definition) is 4. The Kier molecular flexibility index (Phi) is 3.69. The lowest BCUT2D eigenvalue weighted by molar-refractivity contribution is 0.408. The van der Waals surface area contributed by atoms with Crippen molar-refractivity contribution in [1.82, 2.24) is 4.98 Å². The SMILES string of the molecule is CSC1(CNc2nc3ccccc3o2)CCCCC1. The summed E-state index contributed by atoms with van der Waals surface area (Å²) in [6.45, 7) is 0.945. The second kappa shape index (κ2) is 5.45. The van der Waals surface area contributed by atoms with Gasteiger partial charge in [0, 0.05) is 11.3 Å². The third-order valence-corrected chi connectivity index (χ3v) is 5.47. The number of benzene rings is 1. The number of hydrogen-bond donors (Lipinski definition) is 1. The minimum Gasteiger partial charge on any atom is -0.424 e. The van der Waals surface area contributed by atoms with E-state index in [4.69, 9.17) is 4.42 Å². The minimum atomic E-state index is 0.360. The molecule has 2 aromatic rings. The lowest BCUT2D eigenvalue weighted by atomic mass is 9.88. The van der Waals surface area contributed by atoms with Crippen LogP contribution in [0, 0.1) is 0 Å². The molecule has 0 saturated heterocycles. The molecule has 0 unspecified atom stereocenters. The van der Waals surface area contributed by atoms with Crippen molar-refractivity contribution in [2.24, 2.45) is 0 Å². The average Bonchev–Trinajstić information content (AvgIpc) is 2.89. The van der Waals surface area contributed by atoms with E-state index in [9.17, 15) is 0 Å². The van der Waals surface area contributed by atoms with Gasteiger partial charge in [-0.3, -0.25) is 0 Å². The molecule has 0 spiro atoms. The molecule has 19 heavy (non-hydrogen) atoms. The summed E-state index contributed by atoms with van der Waals surface area (Å²) in [5, 5.41) is 3.40. The molecule has 1 N–H and O–H groups in total. The van der Waals surface area contributed by atoms with E-state index in [0.717, 1.165) is 17.6 Å². The quantitative estimate of drug-likeness (QED) is 0.903. The van der Waals surface area contributed by atoms with Gasteiger partial charge in [-0.1, -0.05) is 31.4 Å². The fourth-order valence-corrected chi connectivity index (χ4v) is 3.75. The second-order valence-electron chi connectivity index (χ2n) is 5.29. The molecular weight excluding hydrogens is 256 g/mol. The van der Waals surface area contributed by atoms with Gasteiger partial charge in [-0.05, 0) is 31.2 Å². The first-order chi connectivity index (χ1) is 9.31. The topological polar surface area (TPSA) is 38.1 Å². The van der Waals surface area contributed by atoms with E-state index < -0.39 is 0 Å². The maximum atomic E-state index is 5.72. The summed E-state index contributed by atoms with van der Waals surface area (Å²) in [7, 11) is 0. The van der Waals surface area contributed by atoms with Crippen molar-refractivity contribution >= 4 is 28.9 Å². The Morgan fingerprint density at radius 3 is 2.79 bits per heavy atom. The van der Waals surface area contributed by atoms with Gasteiger partial charge in [0.2, 0.25) is 0 Å². The van der Waals surface area contributed by atoms with Crippen molar-refractivity contribution in [3.8, 4) is 0 Å². The van der Waals surface area contributed by atoms with Crippen LogP contribution in [0.3, 0.4) is 0 Å². The number of nitrogens with one attached hydrogen (secondary N) is 1. The lowest BCUT2D eigenvalue weighted by Crippen LogP contribution is -2.35. The number of thioether (sulfide) groups is 1. The molecule has 0 radical (unpaired) electrons. The van der Waals surface area contributed by atoms with E-state index in [1.807, 2.05) is 36.0 Å². The van der Waals surface area contributed by atoms with Crippen molar-refractivity contribution < 1.29 is 4.42 Å². The maximum absolute atomic E-state index is 5.72. The Morgan fingerprint density at radius 2 is 2.05 bits per heavy atom. The van der Waals surface area contributed by atoms with Crippen LogP contribution in [0.15, 0.2) is 28.7 Å². The van der Waals surface area contributed by atoms with Crippen molar-refractivity contribution in [1.29, 1.82) is 0 Å². The number of fused-ring (bicyclic) bond motifs is 1. The van der Waals surface area contributed by atoms with Crippen LogP contribution in [0.1, 0.15) is 32.1 Å². The van der Waals surface area contributed by atoms with Crippen LogP contribution in [0.25, 0.3) is 11.1 Å². The van der Waals surface area contributed by atoms with Gasteiger partial charge in [0.25, 0.3) is 6.01 Å². The first kappa shape index (κ1) is 12.9. The number of para-hydroxylation sites is 2. The number of aromatic nitrogens is 1. The third kappa shape index (κ3) is 2.73. The van der Waals surface area contributed by atoms with Crippen LogP contribution in [0.4, 0.5) is 6.01 Å². The minimum absolute atomic E-state index is 0.360. The van der Waals surface area contributed by atoms with Crippen molar-refractivity contribution in [2.45, 2.75) is 36.9 Å².